The van der Waals surface area contributed by atoms with Crippen molar-refractivity contribution >= 4 is 28.3 Å². The predicted molar refractivity (Wildman–Crippen MR) is 74.1 cm³/mol. The van der Waals surface area contributed by atoms with Gasteiger partial charge in [-0.25, -0.2) is 4.98 Å². The van der Waals surface area contributed by atoms with Gasteiger partial charge in [-0.2, -0.15) is 0 Å². The minimum absolute atomic E-state index is 0.161. The number of fused-ring (bicyclic) bond motifs is 2. The molecule has 0 aromatic carbocycles. The Balaban J connectivity index is 1.64. The number of anilines is 1. The summed E-state index contributed by atoms with van der Waals surface area (Å²) in [5, 5.41) is 14.4. The van der Waals surface area contributed by atoms with Crippen molar-refractivity contribution in [2.24, 2.45) is 17.8 Å². The maximum atomic E-state index is 12.0. The molecule has 0 aliphatic heterocycles. The van der Waals surface area contributed by atoms with Crippen LogP contribution in [0.15, 0.2) is 5.38 Å². The molecule has 1 aromatic heterocycles. The van der Waals surface area contributed by atoms with Gasteiger partial charge in [-0.3, -0.25) is 9.59 Å². The molecule has 1 heterocycles. The summed E-state index contributed by atoms with van der Waals surface area (Å²) >= 11 is 1.30. The molecule has 0 spiro atoms. The van der Waals surface area contributed by atoms with Crippen LogP contribution in [0.5, 0.6) is 0 Å². The lowest BCUT2D eigenvalue weighted by molar-refractivity contribution is -0.144. The molecule has 0 saturated heterocycles. The zero-order chi connectivity index (χ0) is 14.3. The number of aromatic nitrogens is 1. The van der Waals surface area contributed by atoms with Gasteiger partial charge < -0.3 is 16.2 Å². The van der Waals surface area contributed by atoms with Gasteiger partial charge in [0.25, 0.3) is 0 Å². The van der Waals surface area contributed by atoms with E-state index in [2.05, 4.69) is 10.3 Å². The van der Waals surface area contributed by atoms with E-state index in [0.717, 1.165) is 19.3 Å². The summed E-state index contributed by atoms with van der Waals surface area (Å²) in [4.78, 5) is 27.5. The molecule has 4 unspecified atom stereocenters. The second-order valence-electron chi connectivity index (χ2n) is 5.64. The van der Waals surface area contributed by atoms with Crippen LogP contribution in [0, 0.1) is 17.8 Å². The van der Waals surface area contributed by atoms with Crippen LogP contribution in [0.3, 0.4) is 0 Å². The quantitative estimate of drug-likeness (QED) is 0.765. The zero-order valence-electron chi connectivity index (χ0n) is 10.9. The molecule has 4 N–H and O–H groups in total. The van der Waals surface area contributed by atoms with Crippen LogP contribution in [-0.4, -0.2) is 28.0 Å². The summed E-state index contributed by atoms with van der Waals surface area (Å²) < 4.78 is 0. The van der Waals surface area contributed by atoms with Gasteiger partial charge in [0.05, 0.1) is 18.0 Å². The number of amides is 1. The van der Waals surface area contributed by atoms with Crippen molar-refractivity contribution in [2.45, 2.75) is 31.7 Å². The standard InChI is InChI=1S/C13H17N3O3S/c14-13-15-8(5-20-13)4-9(17)16-11-7-2-1-6(3-7)10(11)12(18)19/h5-7,10-11H,1-4H2,(H2,14,15)(H,16,17)(H,18,19). The van der Waals surface area contributed by atoms with E-state index in [0.29, 0.717) is 16.7 Å². The Kier molecular flexibility index (Phi) is 3.37. The first-order chi connectivity index (χ1) is 9.54. The molecule has 3 rings (SSSR count). The molecule has 0 radical (unpaired) electrons. The number of carbonyl (C=O) groups is 2. The lowest BCUT2D eigenvalue weighted by atomic mass is 9.84. The number of thiazole rings is 1. The van der Waals surface area contributed by atoms with Gasteiger partial charge in [0.1, 0.15) is 0 Å². The van der Waals surface area contributed by atoms with Crippen LogP contribution in [0.4, 0.5) is 5.13 Å². The SMILES string of the molecule is Nc1nc(CC(=O)NC2C3CCC(C3)C2C(=O)O)cs1. The summed E-state index contributed by atoms with van der Waals surface area (Å²) in [6, 6.07) is -0.227. The molecule has 7 heteroatoms. The number of carboxylic acids is 1. The molecule has 2 saturated carbocycles. The van der Waals surface area contributed by atoms with Crippen LogP contribution < -0.4 is 11.1 Å². The third kappa shape index (κ3) is 2.37. The minimum atomic E-state index is -0.791. The normalized spacial score (nSPS) is 31.4. The van der Waals surface area contributed by atoms with Crippen LogP contribution in [0.25, 0.3) is 0 Å². The monoisotopic (exact) mass is 295 g/mol. The van der Waals surface area contributed by atoms with E-state index in [1.165, 1.54) is 11.3 Å². The average molecular weight is 295 g/mol. The number of carbonyl (C=O) groups excluding carboxylic acids is 1. The second-order valence-corrected chi connectivity index (χ2v) is 6.53. The van der Waals surface area contributed by atoms with Gasteiger partial charge in [-0.05, 0) is 31.1 Å². The van der Waals surface area contributed by atoms with Gasteiger partial charge in [0, 0.05) is 11.4 Å². The number of nitrogens with one attached hydrogen (secondary N) is 1. The third-order valence-corrected chi connectivity index (χ3v) is 5.16. The number of nitrogens with zero attached hydrogens (tertiary/aromatic N) is 1. The average Bonchev–Trinajstić information content (AvgIpc) is 3.04. The van der Waals surface area contributed by atoms with Crippen LogP contribution in [0.2, 0.25) is 0 Å². The highest BCUT2D eigenvalue weighted by molar-refractivity contribution is 7.13. The molecular weight excluding hydrogens is 278 g/mol. The van der Waals surface area contributed by atoms with E-state index in [1.54, 1.807) is 5.38 Å². The van der Waals surface area contributed by atoms with E-state index < -0.39 is 11.9 Å². The van der Waals surface area contributed by atoms with Crippen molar-refractivity contribution in [3.63, 3.8) is 0 Å². The highest BCUT2D eigenvalue weighted by atomic mass is 32.1. The molecule has 2 bridgehead atoms. The Morgan fingerprint density at radius 2 is 2.20 bits per heavy atom. The summed E-state index contributed by atoms with van der Waals surface area (Å²) in [5.74, 6) is -0.860. The molecule has 2 aliphatic carbocycles. The number of hydrogen-bond donors (Lipinski definition) is 3. The molecule has 108 valence electrons. The maximum Gasteiger partial charge on any atom is 0.308 e. The summed E-state index contributed by atoms with van der Waals surface area (Å²) in [6.45, 7) is 0. The van der Waals surface area contributed by atoms with E-state index in [1.807, 2.05) is 0 Å². The van der Waals surface area contributed by atoms with E-state index in [4.69, 9.17) is 5.73 Å². The molecule has 2 aliphatic rings. The Bertz CT molecular complexity index is 545. The molecule has 2 fully saturated rings. The van der Waals surface area contributed by atoms with Crippen LogP contribution >= 0.6 is 11.3 Å². The number of nitrogen functional groups attached to an aromatic ring is 1. The van der Waals surface area contributed by atoms with Crippen molar-refractivity contribution in [3.8, 4) is 0 Å². The number of nitrogens with two attached hydrogens (primary N) is 1. The van der Waals surface area contributed by atoms with E-state index in [-0.39, 0.29) is 24.3 Å². The summed E-state index contributed by atoms with van der Waals surface area (Å²) in [6.07, 6.45) is 3.07. The zero-order valence-corrected chi connectivity index (χ0v) is 11.7. The van der Waals surface area contributed by atoms with Crippen molar-refractivity contribution in [1.82, 2.24) is 10.3 Å². The topological polar surface area (TPSA) is 105 Å². The van der Waals surface area contributed by atoms with Gasteiger partial charge in [0.2, 0.25) is 5.91 Å². The molecule has 4 atom stereocenters. The van der Waals surface area contributed by atoms with Crippen LogP contribution in [-0.2, 0) is 16.0 Å². The Morgan fingerprint density at radius 1 is 1.45 bits per heavy atom. The molecule has 6 nitrogen and oxygen atoms in total. The smallest absolute Gasteiger partial charge is 0.308 e. The van der Waals surface area contributed by atoms with Gasteiger partial charge in [-0.15, -0.1) is 11.3 Å². The number of aliphatic carboxylic acids is 1. The summed E-state index contributed by atoms with van der Waals surface area (Å²) in [7, 11) is 0. The second kappa shape index (κ2) is 5.05. The highest BCUT2D eigenvalue weighted by Crippen LogP contribution is 2.48. The minimum Gasteiger partial charge on any atom is -0.481 e. The van der Waals surface area contributed by atoms with Crippen molar-refractivity contribution < 1.29 is 14.7 Å². The number of hydrogen-bond acceptors (Lipinski definition) is 5. The molecular formula is C13H17N3O3S. The van der Waals surface area contributed by atoms with Gasteiger partial charge in [0.15, 0.2) is 5.13 Å². The van der Waals surface area contributed by atoms with Gasteiger partial charge in [-0.1, -0.05) is 0 Å². The third-order valence-electron chi connectivity index (χ3n) is 4.44. The Hall–Kier alpha value is -1.63. The summed E-state index contributed by atoms with van der Waals surface area (Å²) in [5.41, 5.74) is 6.17. The Labute approximate surface area is 120 Å². The number of rotatable bonds is 4. The maximum absolute atomic E-state index is 12.0. The van der Waals surface area contributed by atoms with Crippen molar-refractivity contribution in [1.29, 1.82) is 0 Å². The molecule has 20 heavy (non-hydrogen) atoms. The highest BCUT2D eigenvalue weighted by Gasteiger charge is 2.51. The fourth-order valence-electron chi connectivity index (χ4n) is 3.66. The lowest BCUT2D eigenvalue weighted by Crippen LogP contribution is -2.47. The molecule has 1 aromatic rings. The largest absolute Gasteiger partial charge is 0.481 e. The number of carboxylic acid groups (broad SMARTS) is 1. The fourth-order valence-corrected chi connectivity index (χ4v) is 4.22. The fraction of sp³-hybridized carbons (Fsp3) is 0.615. The first-order valence-electron chi connectivity index (χ1n) is 6.76. The molecule has 1 amide bonds. The lowest BCUT2D eigenvalue weighted by Gasteiger charge is -2.28. The van der Waals surface area contributed by atoms with Gasteiger partial charge >= 0.3 is 5.97 Å². The van der Waals surface area contributed by atoms with Crippen molar-refractivity contribution in [2.75, 3.05) is 5.73 Å². The Morgan fingerprint density at radius 3 is 2.85 bits per heavy atom. The first kappa shape index (κ1) is 13.4. The van der Waals surface area contributed by atoms with Crippen molar-refractivity contribution in [3.05, 3.63) is 11.1 Å². The first-order valence-corrected chi connectivity index (χ1v) is 7.64. The van der Waals surface area contributed by atoms with E-state index >= 15 is 0 Å². The van der Waals surface area contributed by atoms with E-state index in [9.17, 15) is 14.7 Å². The predicted octanol–water partition coefficient (Wildman–Crippen LogP) is 0.883. The van der Waals surface area contributed by atoms with Crippen LogP contribution in [0.1, 0.15) is 25.0 Å².